The Balaban J connectivity index is 2.13. The molecule has 3 rings (SSSR count). The molecule has 1 unspecified atom stereocenters. The van der Waals surface area contributed by atoms with Gasteiger partial charge in [0.1, 0.15) is 5.82 Å². The zero-order valence-electron chi connectivity index (χ0n) is 12.6. The molecule has 1 aromatic carbocycles. The fraction of sp³-hybridized carbons (Fsp3) is 0.333. The predicted molar refractivity (Wildman–Crippen MR) is 86.3 cm³/mol. The largest absolute Gasteiger partial charge is 0.493 e. The minimum absolute atomic E-state index is 0.0460. The molecular weight excluding hydrogens is 302 g/mol. The number of aromatic nitrogens is 1. The van der Waals surface area contributed by atoms with Crippen LogP contribution in [0.1, 0.15) is 22.8 Å². The summed E-state index contributed by atoms with van der Waals surface area (Å²) in [5.74, 6) is 1.81. The summed E-state index contributed by atoms with van der Waals surface area (Å²) in [4.78, 5) is 17.4. The third kappa shape index (κ3) is 2.37. The fourth-order valence-electron chi connectivity index (χ4n) is 2.66. The molecule has 0 bridgehead atoms. The number of benzene rings is 1. The van der Waals surface area contributed by atoms with Gasteiger partial charge in [0.25, 0.3) is 0 Å². The molecule has 1 atom stereocenters. The molecule has 2 aromatic rings. The Labute approximate surface area is 132 Å². The maximum absolute atomic E-state index is 12.0. The number of para-hydroxylation sites is 1. The van der Waals surface area contributed by atoms with E-state index in [0.717, 1.165) is 15.6 Å². The number of amides is 1. The molecule has 1 aliphatic heterocycles. The maximum Gasteiger partial charge on any atom is 0.226 e. The van der Waals surface area contributed by atoms with Crippen LogP contribution in [0.15, 0.2) is 18.2 Å². The summed E-state index contributed by atoms with van der Waals surface area (Å²) in [6.07, 6.45) is 0.363. The lowest BCUT2D eigenvalue weighted by molar-refractivity contribution is -0.116. The Bertz CT molecular complexity index is 714. The van der Waals surface area contributed by atoms with E-state index in [0.29, 0.717) is 23.7 Å². The molecule has 0 aliphatic carbocycles. The van der Waals surface area contributed by atoms with Gasteiger partial charge in [-0.15, -0.1) is 0 Å². The first-order valence-electron chi connectivity index (χ1n) is 6.87. The number of nitrogens with zero attached hydrogens (tertiary/aromatic N) is 1. The van der Waals surface area contributed by atoms with Crippen molar-refractivity contribution < 1.29 is 14.3 Å². The lowest BCUT2D eigenvalue weighted by Crippen LogP contribution is -2.23. The van der Waals surface area contributed by atoms with Gasteiger partial charge in [-0.2, -0.15) is 0 Å². The minimum atomic E-state index is -0.0894. The third-order valence-corrected chi connectivity index (χ3v) is 4.83. The molecule has 0 spiro atoms. The van der Waals surface area contributed by atoms with Crippen molar-refractivity contribution in [2.75, 3.05) is 31.9 Å². The summed E-state index contributed by atoms with van der Waals surface area (Å²) < 4.78 is 10.9. The lowest BCUT2D eigenvalue weighted by Gasteiger charge is -2.24. The normalized spacial score (nSPS) is 16.7. The van der Waals surface area contributed by atoms with Gasteiger partial charge in [0, 0.05) is 24.9 Å². The number of hydrogen-bond donors (Lipinski definition) is 2. The molecule has 0 saturated heterocycles. The van der Waals surface area contributed by atoms with E-state index in [1.807, 2.05) is 25.2 Å². The maximum atomic E-state index is 12.0. The van der Waals surface area contributed by atoms with E-state index >= 15 is 0 Å². The first kappa shape index (κ1) is 14.6. The second-order valence-corrected chi connectivity index (χ2v) is 5.90. The number of carbonyl (C=O) groups is 1. The number of rotatable bonds is 4. The Morgan fingerprint density at radius 1 is 1.36 bits per heavy atom. The first-order chi connectivity index (χ1) is 10.7. The second-order valence-electron chi connectivity index (χ2n) is 4.87. The van der Waals surface area contributed by atoms with E-state index in [-0.39, 0.29) is 11.8 Å². The van der Waals surface area contributed by atoms with Gasteiger partial charge in [0.05, 0.1) is 19.1 Å². The van der Waals surface area contributed by atoms with Crippen LogP contribution in [0.25, 0.3) is 0 Å². The average Bonchev–Trinajstić information content (AvgIpc) is 2.96. The molecule has 116 valence electrons. The summed E-state index contributed by atoms with van der Waals surface area (Å²) in [6, 6.07) is 5.72. The third-order valence-electron chi connectivity index (χ3n) is 3.64. The monoisotopic (exact) mass is 319 g/mol. The van der Waals surface area contributed by atoms with Crippen LogP contribution in [0.3, 0.4) is 0 Å². The van der Waals surface area contributed by atoms with Crippen molar-refractivity contribution in [1.29, 1.82) is 0 Å². The zero-order chi connectivity index (χ0) is 15.7. The first-order valence-corrected chi connectivity index (χ1v) is 7.68. The molecule has 7 heteroatoms. The van der Waals surface area contributed by atoms with Crippen molar-refractivity contribution in [2.24, 2.45) is 0 Å². The van der Waals surface area contributed by atoms with E-state index in [9.17, 15) is 4.79 Å². The molecule has 0 saturated carbocycles. The standard InChI is InChI=1S/C15H17N3O3S/c1-16-15-18-14-13(22-15)9(7-11(19)17-14)8-5-4-6-10(20-2)12(8)21-3/h4-6,9H,7H2,1-3H3,(H,16,18)(H,17,19). The summed E-state index contributed by atoms with van der Waals surface area (Å²) in [7, 11) is 5.02. The van der Waals surface area contributed by atoms with Crippen LogP contribution in [0.4, 0.5) is 10.9 Å². The SMILES string of the molecule is CNc1nc2c(s1)C(c1cccc(OC)c1OC)CC(=O)N2. The Morgan fingerprint density at radius 2 is 2.18 bits per heavy atom. The topological polar surface area (TPSA) is 72.5 Å². The molecule has 6 nitrogen and oxygen atoms in total. The fourth-order valence-corrected chi connectivity index (χ4v) is 3.66. The second kappa shape index (κ2) is 5.84. The smallest absolute Gasteiger partial charge is 0.226 e. The van der Waals surface area contributed by atoms with Crippen LogP contribution in [0, 0.1) is 0 Å². The number of thiazole rings is 1. The molecule has 1 aliphatic rings. The summed E-state index contributed by atoms with van der Waals surface area (Å²) in [5.41, 5.74) is 0.934. The average molecular weight is 319 g/mol. The van der Waals surface area contributed by atoms with Gasteiger partial charge in [0.15, 0.2) is 16.6 Å². The minimum Gasteiger partial charge on any atom is -0.493 e. The molecular formula is C15H17N3O3S. The van der Waals surface area contributed by atoms with Crippen LogP contribution in [0.2, 0.25) is 0 Å². The highest BCUT2D eigenvalue weighted by molar-refractivity contribution is 7.16. The van der Waals surface area contributed by atoms with E-state index in [1.165, 1.54) is 11.3 Å². The summed E-state index contributed by atoms with van der Waals surface area (Å²) in [5, 5.41) is 6.63. The lowest BCUT2D eigenvalue weighted by atomic mass is 9.90. The predicted octanol–water partition coefficient (Wildman–Crippen LogP) is 2.68. The van der Waals surface area contributed by atoms with Gasteiger partial charge >= 0.3 is 0 Å². The Morgan fingerprint density at radius 3 is 2.86 bits per heavy atom. The Kier molecular flexibility index (Phi) is 3.89. The van der Waals surface area contributed by atoms with Gasteiger partial charge in [-0.3, -0.25) is 4.79 Å². The number of fused-ring (bicyclic) bond motifs is 1. The van der Waals surface area contributed by atoms with Crippen molar-refractivity contribution in [3.63, 3.8) is 0 Å². The molecule has 2 heterocycles. The molecule has 2 N–H and O–H groups in total. The number of nitrogens with one attached hydrogen (secondary N) is 2. The Hall–Kier alpha value is -2.28. The number of anilines is 2. The van der Waals surface area contributed by atoms with Crippen LogP contribution < -0.4 is 20.1 Å². The molecule has 1 aromatic heterocycles. The number of hydrogen-bond acceptors (Lipinski definition) is 6. The van der Waals surface area contributed by atoms with Crippen molar-refractivity contribution in [3.8, 4) is 11.5 Å². The highest BCUT2D eigenvalue weighted by Gasteiger charge is 2.32. The van der Waals surface area contributed by atoms with E-state index in [1.54, 1.807) is 14.2 Å². The van der Waals surface area contributed by atoms with Crippen molar-refractivity contribution in [2.45, 2.75) is 12.3 Å². The van der Waals surface area contributed by atoms with E-state index in [4.69, 9.17) is 9.47 Å². The summed E-state index contributed by atoms with van der Waals surface area (Å²) in [6.45, 7) is 0. The van der Waals surface area contributed by atoms with Gasteiger partial charge < -0.3 is 20.1 Å². The molecule has 1 amide bonds. The molecule has 0 fully saturated rings. The zero-order valence-corrected chi connectivity index (χ0v) is 13.4. The highest BCUT2D eigenvalue weighted by Crippen LogP contribution is 2.46. The molecule has 0 radical (unpaired) electrons. The number of carbonyl (C=O) groups excluding carboxylic acids is 1. The van der Waals surface area contributed by atoms with Crippen molar-refractivity contribution >= 4 is 28.2 Å². The van der Waals surface area contributed by atoms with Crippen LogP contribution in [0.5, 0.6) is 11.5 Å². The van der Waals surface area contributed by atoms with Crippen LogP contribution >= 0.6 is 11.3 Å². The van der Waals surface area contributed by atoms with Gasteiger partial charge in [-0.05, 0) is 6.07 Å². The van der Waals surface area contributed by atoms with E-state index < -0.39 is 0 Å². The van der Waals surface area contributed by atoms with Gasteiger partial charge in [0.2, 0.25) is 5.91 Å². The quantitative estimate of drug-likeness (QED) is 0.906. The number of ether oxygens (including phenoxy) is 2. The van der Waals surface area contributed by atoms with Crippen molar-refractivity contribution in [1.82, 2.24) is 4.98 Å². The highest BCUT2D eigenvalue weighted by atomic mass is 32.1. The van der Waals surface area contributed by atoms with Gasteiger partial charge in [-0.25, -0.2) is 4.98 Å². The van der Waals surface area contributed by atoms with Crippen molar-refractivity contribution in [3.05, 3.63) is 28.6 Å². The molecule has 22 heavy (non-hydrogen) atoms. The summed E-state index contributed by atoms with van der Waals surface area (Å²) >= 11 is 1.54. The van der Waals surface area contributed by atoms with Gasteiger partial charge in [-0.1, -0.05) is 23.5 Å². The number of methoxy groups -OCH3 is 2. The van der Waals surface area contributed by atoms with Crippen LogP contribution in [-0.4, -0.2) is 32.2 Å². The van der Waals surface area contributed by atoms with E-state index in [2.05, 4.69) is 15.6 Å². The van der Waals surface area contributed by atoms with Crippen LogP contribution in [-0.2, 0) is 4.79 Å².